The van der Waals surface area contributed by atoms with Gasteiger partial charge in [0.2, 0.25) is 0 Å². The number of hydrogen-bond donors (Lipinski definition) is 0. The van der Waals surface area contributed by atoms with Crippen molar-refractivity contribution in [2.45, 2.75) is 78.4 Å². The predicted octanol–water partition coefficient (Wildman–Crippen LogP) is 10.9. The third-order valence-electron chi connectivity index (χ3n) is 12.1. The molecule has 298 valence electrons. The molecule has 2 fully saturated rings. The molecule has 0 radical (unpaired) electrons. The molecule has 4 heterocycles. The monoisotopic (exact) mass is 761 g/mol. The molecule has 8 heteroatoms. The normalized spacial score (nSPS) is 16.2. The van der Waals surface area contributed by atoms with Gasteiger partial charge in [0.15, 0.2) is 0 Å². The van der Waals surface area contributed by atoms with E-state index in [9.17, 15) is 0 Å². The zero-order valence-electron chi connectivity index (χ0n) is 33.5. The summed E-state index contributed by atoms with van der Waals surface area (Å²) in [5.74, 6) is 0. The highest BCUT2D eigenvalue weighted by Gasteiger charge is 2.37. The SMILES string of the molecule is CCC1(COCCCCCOCc2ccc3oc4ccc5c6cc(COCCCCCOCC7(CC)COC7)ccc6n(-c6ccccc6)c5c4c3c2)COC1. The van der Waals surface area contributed by atoms with Gasteiger partial charge in [-0.25, -0.2) is 0 Å². The summed E-state index contributed by atoms with van der Waals surface area (Å²) in [6.45, 7) is 13.7. The Morgan fingerprint density at radius 1 is 0.554 bits per heavy atom. The average molecular weight is 762 g/mol. The molecule has 0 saturated carbocycles. The Hall–Kier alpha value is -3.76. The number of furan rings is 1. The van der Waals surface area contributed by atoms with Crippen LogP contribution in [0.1, 0.15) is 76.3 Å². The first-order valence-electron chi connectivity index (χ1n) is 21.0. The van der Waals surface area contributed by atoms with Crippen molar-refractivity contribution in [1.29, 1.82) is 0 Å². The molecule has 0 bridgehead atoms. The molecule has 0 atom stereocenters. The Bertz CT molecular complexity index is 2170. The average Bonchev–Trinajstić information content (AvgIpc) is 3.73. The van der Waals surface area contributed by atoms with Crippen LogP contribution in [0, 0.1) is 10.8 Å². The van der Waals surface area contributed by atoms with Gasteiger partial charge in [-0.1, -0.05) is 44.2 Å². The fourth-order valence-corrected chi connectivity index (χ4v) is 8.17. The van der Waals surface area contributed by atoms with Crippen LogP contribution in [0.4, 0.5) is 0 Å². The van der Waals surface area contributed by atoms with Gasteiger partial charge in [-0.3, -0.25) is 0 Å². The van der Waals surface area contributed by atoms with Crippen molar-refractivity contribution in [2.24, 2.45) is 10.8 Å². The molecule has 2 aromatic heterocycles. The van der Waals surface area contributed by atoms with Crippen LogP contribution < -0.4 is 0 Å². The Kier molecular flexibility index (Phi) is 12.7. The molecule has 2 saturated heterocycles. The highest BCUT2D eigenvalue weighted by Crippen LogP contribution is 2.41. The molecule has 6 aromatic rings. The lowest BCUT2D eigenvalue weighted by molar-refractivity contribution is -0.150. The molecule has 0 N–H and O–H groups in total. The van der Waals surface area contributed by atoms with Crippen molar-refractivity contribution >= 4 is 43.7 Å². The van der Waals surface area contributed by atoms with Crippen molar-refractivity contribution in [3.05, 3.63) is 90.0 Å². The molecular weight excluding hydrogens is 703 g/mol. The van der Waals surface area contributed by atoms with Gasteiger partial charge in [0.25, 0.3) is 0 Å². The molecule has 56 heavy (non-hydrogen) atoms. The summed E-state index contributed by atoms with van der Waals surface area (Å²) < 4.78 is 44.0. The van der Waals surface area contributed by atoms with Gasteiger partial charge >= 0.3 is 0 Å². The molecule has 0 unspecified atom stereocenters. The lowest BCUT2D eigenvalue weighted by atomic mass is 9.84. The van der Waals surface area contributed by atoms with E-state index in [-0.39, 0.29) is 10.8 Å². The van der Waals surface area contributed by atoms with E-state index in [1.165, 1.54) is 21.9 Å². The molecule has 4 aromatic carbocycles. The highest BCUT2D eigenvalue weighted by molar-refractivity contribution is 6.24. The molecule has 0 amide bonds. The predicted molar refractivity (Wildman–Crippen MR) is 224 cm³/mol. The Labute approximate surface area is 331 Å². The van der Waals surface area contributed by atoms with Crippen LogP contribution in [-0.4, -0.2) is 70.6 Å². The minimum Gasteiger partial charge on any atom is -0.456 e. The fraction of sp³-hybridized carbons (Fsp3) is 0.500. The lowest BCUT2D eigenvalue weighted by Crippen LogP contribution is -2.45. The maximum atomic E-state index is 6.48. The fourth-order valence-electron chi connectivity index (χ4n) is 8.17. The first-order chi connectivity index (χ1) is 27.6. The minimum atomic E-state index is 0.258. The zero-order valence-corrected chi connectivity index (χ0v) is 33.5. The van der Waals surface area contributed by atoms with Crippen LogP contribution in [0.5, 0.6) is 0 Å². The number of para-hydroxylation sites is 1. The molecule has 0 spiro atoms. The number of unbranched alkanes of at least 4 members (excludes halogenated alkanes) is 4. The van der Waals surface area contributed by atoms with Gasteiger partial charge in [-0.15, -0.1) is 0 Å². The summed E-state index contributed by atoms with van der Waals surface area (Å²) >= 11 is 0. The molecule has 2 aliphatic rings. The van der Waals surface area contributed by atoms with E-state index in [2.05, 4.69) is 97.3 Å². The van der Waals surface area contributed by atoms with E-state index in [1.807, 2.05) is 0 Å². The van der Waals surface area contributed by atoms with E-state index in [4.69, 9.17) is 32.8 Å². The third kappa shape index (κ3) is 8.57. The van der Waals surface area contributed by atoms with Crippen molar-refractivity contribution < 1.29 is 32.8 Å². The van der Waals surface area contributed by atoms with E-state index in [1.54, 1.807) is 0 Å². The number of benzene rings is 4. The van der Waals surface area contributed by atoms with Gasteiger partial charge in [-0.2, -0.15) is 0 Å². The van der Waals surface area contributed by atoms with Crippen LogP contribution in [0.3, 0.4) is 0 Å². The van der Waals surface area contributed by atoms with E-state index < -0.39 is 0 Å². The lowest BCUT2D eigenvalue weighted by Gasteiger charge is -2.40. The maximum absolute atomic E-state index is 6.48. The first-order valence-corrected chi connectivity index (χ1v) is 21.0. The number of fused-ring (bicyclic) bond motifs is 7. The van der Waals surface area contributed by atoms with E-state index in [0.29, 0.717) is 13.2 Å². The van der Waals surface area contributed by atoms with Gasteiger partial charge < -0.3 is 37.4 Å². The number of aromatic nitrogens is 1. The van der Waals surface area contributed by atoms with Crippen molar-refractivity contribution in [2.75, 3.05) is 66.1 Å². The van der Waals surface area contributed by atoms with Crippen LogP contribution in [-0.2, 0) is 41.6 Å². The molecule has 0 aliphatic carbocycles. The van der Waals surface area contributed by atoms with E-state index in [0.717, 1.165) is 156 Å². The number of hydrogen-bond acceptors (Lipinski definition) is 7. The summed E-state index contributed by atoms with van der Waals surface area (Å²) in [6, 6.07) is 28.2. The van der Waals surface area contributed by atoms with Crippen LogP contribution >= 0.6 is 0 Å². The number of ether oxygens (including phenoxy) is 6. The van der Waals surface area contributed by atoms with Gasteiger partial charge in [0, 0.05) is 59.1 Å². The number of rotatable bonds is 23. The van der Waals surface area contributed by atoms with Crippen LogP contribution in [0.25, 0.3) is 49.4 Å². The largest absolute Gasteiger partial charge is 0.456 e. The Balaban J connectivity index is 0.917. The second kappa shape index (κ2) is 18.2. The summed E-state index contributed by atoms with van der Waals surface area (Å²) in [4.78, 5) is 0. The summed E-state index contributed by atoms with van der Waals surface area (Å²) in [7, 11) is 0. The molecular formula is C48H59NO7. The minimum absolute atomic E-state index is 0.258. The van der Waals surface area contributed by atoms with Crippen LogP contribution in [0.2, 0.25) is 0 Å². The quantitative estimate of drug-likeness (QED) is 0.0602. The standard InChI is InChI=1S/C48H59NO7/c1-3-47(32-54-33-47)30-52-24-12-6-10-22-50-28-36-16-19-42-40(26-36)39-18-21-44-45(46(39)49(42)38-14-8-5-9-15-38)41-27-37(17-20-43(41)56-44)29-51-23-11-7-13-25-53-31-48(4-2)34-55-35-48/h5,8-9,14-21,26-27H,3-4,6-7,10-13,22-25,28-35H2,1-2H3. The second-order valence-corrected chi connectivity index (χ2v) is 16.3. The van der Waals surface area contributed by atoms with Crippen molar-refractivity contribution in [3.63, 3.8) is 0 Å². The topological polar surface area (TPSA) is 73.5 Å². The molecule has 2 aliphatic heterocycles. The third-order valence-corrected chi connectivity index (χ3v) is 12.1. The van der Waals surface area contributed by atoms with Crippen molar-refractivity contribution in [1.82, 2.24) is 4.57 Å². The number of nitrogens with zero attached hydrogens (tertiary/aromatic N) is 1. The zero-order chi connectivity index (χ0) is 38.2. The van der Waals surface area contributed by atoms with Crippen LogP contribution in [0.15, 0.2) is 83.3 Å². The van der Waals surface area contributed by atoms with Gasteiger partial charge in [0.1, 0.15) is 11.2 Å². The molecule has 8 rings (SSSR count). The Morgan fingerprint density at radius 2 is 1.11 bits per heavy atom. The van der Waals surface area contributed by atoms with Gasteiger partial charge in [-0.05, 0) is 111 Å². The van der Waals surface area contributed by atoms with E-state index >= 15 is 0 Å². The summed E-state index contributed by atoms with van der Waals surface area (Å²) in [6.07, 6.45) is 8.63. The maximum Gasteiger partial charge on any atom is 0.137 e. The summed E-state index contributed by atoms with van der Waals surface area (Å²) in [5.41, 5.74) is 8.07. The summed E-state index contributed by atoms with van der Waals surface area (Å²) in [5, 5.41) is 4.66. The first kappa shape index (κ1) is 39.1. The molecule has 8 nitrogen and oxygen atoms in total. The Morgan fingerprint density at radius 3 is 1.68 bits per heavy atom. The van der Waals surface area contributed by atoms with Gasteiger partial charge in [0.05, 0.1) is 69.3 Å². The second-order valence-electron chi connectivity index (χ2n) is 16.3. The highest BCUT2D eigenvalue weighted by atomic mass is 16.5. The smallest absolute Gasteiger partial charge is 0.137 e. The van der Waals surface area contributed by atoms with Crippen molar-refractivity contribution in [3.8, 4) is 5.69 Å².